The van der Waals surface area contributed by atoms with E-state index < -0.39 is 12.1 Å². The van der Waals surface area contributed by atoms with Gasteiger partial charge in [-0.15, -0.1) is 0 Å². The van der Waals surface area contributed by atoms with E-state index in [0.717, 1.165) is 31.2 Å². The van der Waals surface area contributed by atoms with Crippen LogP contribution < -0.4 is 10.1 Å². The number of aromatic nitrogens is 1. The van der Waals surface area contributed by atoms with Crippen LogP contribution in [0.15, 0.2) is 36.5 Å². The third kappa shape index (κ3) is 5.78. The van der Waals surface area contributed by atoms with Gasteiger partial charge in [0.25, 0.3) is 5.91 Å². The second kappa shape index (κ2) is 11.2. The summed E-state index contributed by atoms with van der Waals surface area (Å²) < 4.78 is 19.7. The van der Waals surface area contributed by atoms with Crippen LogP contribution >= 0.6 is 0 Å². The normalized spacial score (nSPS) is 21.2. The van der Waals surface area contributed by atoms with Gasteiger partial charge in [0.15, 0.2) is 0 Å². The highest BCUT2D eigenvalue weighted by molar-refractivity contribution is 5.98. The van der Waals surface area contributed by atoms with Gasteiger partial charge < -0.3 is 25.0 Å². The molecule has 3 atom stereocenters. The Morgan fingerprint density at radius 1 is 1.28 bits per heavy atom. The SMILES string of the molecule is C[C@@H]1CN([C@@H](C)CO)C(=O)c2cc(-c3ccc(F)cc3)cnc2O[C@@H]1CN(C)C(=O)NC1CCCC1. The number of aliphatic hydroxyl groups is 1. The molecule has 1 aliphatic carbocycles. The molecule has 4 rings (SSSR count). The number of carbonyl (C=O) groups excluding carboxylic acids is 2. The second-order valence-corrected chi connectivity index (χ2v) is 10.0. The average Bonchev–Trinajstić information content (AvgIpc) is 3.39. The minimum absolute atomic E-state index is 0.128. The predicted molar refractivity (Wildman–Crippen MR) is 134 cm³/mol. The standard InChI is InChI=1S/C27H35FN4O4/c1-17-14-32(18(2)16-33)26(34)23-12-20(19-8-10-21(28)11-9-19)13-29-25(23)36-24(17)15-31(3)27(35)30-22-6-4-5-7-22/h8-13,17-18,22,24,33H,4-7,14-16H2,1-3H3,(H,30,35)/t17-,18+,24-/m1/s1. The van der Waals surface area contributed by atoms with Gasteiger partial charge in [0, 0.05) is 37.3 Å². The molecule has 2 aromatic rings. The Morgan fingerprint density at radius 3 is 2.64 bits per heavy atom. The lowest BCUT2D eigenvalue weighted by molar-refractivity contribution is 0.0351. The van der Waals surface area contributed by atoms with E-state index in [2.05, 4.69) is 10.3 Å². The molecule has 3 amide bonds. The second-order valence-electron chi connectivity index (χ2n) is 10.0. The maximum absolute atomic E-state index is 13.6. The van der Waals surface area contributed by atoms with Crippen molar-refractivity contribution >= 4 is 11.9 Å². The van der Waals surface area contributed by atoms with Crippen molar-refractivity contribution in [1.82, 2.24) is 20.1 Å². The molecule has 9 heteroatoms. The molecular formula is C27H35FN4O4. The van der Waals surface area contributed by atoms with Crippen molar-refractivity contribution < 1.29 is 23.8 Å². The first-order chi connectivity index (χ1) is 17.3. The zero-order chi connectivity index (χ0) is 25.8. The Morgan fingerprint density at radius 2 is 1.97 bits per heavy atom. The summed E-state index contributed by atoms with van der Waals surface area (Å²) >= 11 is 0. The number of nitrogens with one attached hydrogen (secondary N) is 1. The Hall–Kier alpha value is -3.20. The number of carbonyl (C=O) groups is 2. The molecule has 0 unspecified atom stereocenters. The van der Waals surface area contributed by atoms with Crippen molar-refractivity contribution in [2.45, 2.75) is 57.7 Å². The lowest BCUT2D eigenvalue weighted by Gasteiger charge is -2.37. The molecule has 0 bridgehead atoms. The molecule has 2 N–H and O–H groups in total. The topological polar surface area (TPSA) is 95.0 Å². The Labute approximate surface area is 211 Å². The largest absolute Gasteiger partial charge is 0.472 e. The van der Waals surface area contributed by atoms with Crippen molar-refractivity contribution in [2.75, 3.05) is 26.7 Å². The number of benzene rings is 1. The van der Waals surface area contributed by atoms with Gasteiger partial charge >= 0.3 is 6.03 Å². The smallest absolute Gasteiger partial charge is 0.317 e. The monoisotopic (exact) mass is 498 g/mol. The minimum atomic E-state index is -0.422. The summed E-state index contributed by atoms with van der Waals surface area (Å²) in [5.74, 6) is -0.586. The number of urea groups is 1. The van der Waals surface area contributed by atoms with Gasteiger partial charge in [-0.1, -0.05) is 31.9 Å². The zero-order valence-electron chi connectivity index (χ0n) is 21.1. The molecular weight excluding hydrogens is 463 g/mol. The molecule has 1 aliphatic heterocycles. The maximum Gasteiger partial charge on any atom is 0.317 e. The molecule has 194 valence electrons. The highest BCUT2D eigenvalue weighted by atomic mass is 19.1. The third-order valence-corrected chi connectivity index (χ3v) is 7.18. The van der Waals surface area contributed by atoms with E-state index in [9.17, 15) is 19.1 Å². The van der Waals surface area contributed by atoms with Crippen LogP contribution in [0.2, 0.25) is 0 Å². The van der Waals surface area contributed by atoms with E-state index in [1.54, 1.807) is 48.2 Å². The number of amides is 3. The van der Waals surface area contributed by atoms with E-state index in [1.807, 2.05) is 6.92 Å². The molecule has 0 saturated heterocycles. The van der Waals surface area contributed by atoms with E-state index in [-0.39, 0.29) is 47.8 Å². The molecule has 1 aromatic heterocycles. The summed E-state index contributed by atoms with van der Waals surface area (Å²) in [7, 11) is 1.74. The van der Waals surface area contributed by atoms with Crippen LogP contribution in [0.4, 0.5) is 9.18 Å². The van der Waals surface area contributed by atoms with Crippen molar-refractivity contribution in [3.8, 4) is 17.0 Å². The van der Waals surface area contributed by atoms with Gasteiger partial charge in [-0.05, 0) is 43.5 Å². The van der Waals surface area contributed by atoms with Gasteiger partial charge in [-0.2, -0.15) is 0 Å². The number of fused-ring (bicyclic) bond motifs is 1. The third-order valence-electron chi connectivity index (χ3n) is 7.18. The predicted octanol–water partition coefficient (Wildman–Crippen LogP) is 3.69. The van der Waals surface area contributed by atoms with E-state index in [1.165, 1.54) is 12.1 Å². The summed E-state index contributed by atoms with van der Waals surface area (Å²) in [5.41, 5.74) is 1.64. The molecule has 8 nitrogen and oxygen atoms in total. The zero-order valence-corrected chi connectivity index (χ0v) is 21.1. The first-order valence-corrected chi connectivity index (χ1v) is 12.6. The van der Waals surface area contributed by atoms with Crippen LogP contribution in [0.1, 0.15) is 49.9 Å². The molecule has 1 aromatic carbocycles. The van der Waals surface area contributed by atoms with Crippen LogP contribution in [0, 0.1) is 11.7 Å². The van der Waals surface area contributed by atoms with Gasteiger partial charge in [0.05, 0.1) is 19.2 Å². The first kappa shape index (κ1) is 25.9. The number of ether oxygens (including phenoxy) is 1. The Balaban J connectivity index is 1.62. The number of rotatable bonds is 6. The number of pyridine rings is 1. The fourth-order valence-electron chi connectivity index (χ4n) is 4.83. The average molecular weight is 499 g/mol. The molecule has 1 saturated carbocycles. The summed E-state index contributed by atoms with van der Waals surface area (Å²) in [6.45, 7) is 4.24. The highest BCUT2D eigenvalue weighted by Gasteiger charge is 2.35. The number of likely N-dealkylation sites (N-methyl/N-ethyl adjacent to an activating group) is 1. The van der Waals surface area contributed by atoms with Crippen LogP contribution in [-0.4, -0.2) is 76.8 Å². The number of hydrogen-bond acceptors (Lipinski definition) is 5. The quantitative estimate of drug-likeness (QED) is 0.634. The van der Waals surface area contributed by atoms with Gasteiger partial charge in [0.2, 0.25) is 5.88 Å². The van der Waals surface area contributed by atoms with Crippen molar-refractivity contribution in [3.05, 3.63) is 47.9 Å². The fraction of sp³-hybridized carbons (Fsp3) is 0.519. The molecule has 0 radical (unpaired) electrons. The maximum atomic E-state index is 13.6. The number of nitrogens with zero attached hydrogens (tertiary/aromatic N) is 3. The van der Waals surface area contributed by atoms with Gasteiger partial charge in [0.1, 0.15) is 17.5 Å². The molecule has 2 heterocycles. The Kier molecular flexibility index (Phi) is 8.08. The van der Waals surface area contributed by atoms with Crippen molar-refractivity contribution in [2.24, 2.45) is 5.92 Å². The van der Waals surface area contributed by atoms with Crippen LogP contribution in [-0.2, 0) is 0 Å². The van der Waals surface area contributed by atoms with Crippen LogP contribution in [0.25, 0.3) is 11.1 Å². The molecule has 2 aliphatic rings. The lowest BCUT2D eigenvalue weighted by atomic mass is 9.99. The summed E-state index contributed by atoms with van der Waals surface area (Å²) in [5, 5.41) is 12.9. The number of aliphatic hydroxyl groups excluding tert-OH is 1. The van der Waals surface area contributed by atoms with Crippen LogP contribution in [0.3, 0.4) is 0 Å². The Bertz CT molecular complexity index is 1070. The van der Waals surface area contributed by atoms with E-state index in [4.69, 9.17) is 4.74 Å². The van der Waals surface area contributed by atoms with Crippen LogP contribution in [0.5, 0.6) is 5.88 Å². The molecule has 0 spiro atoms. The van der Waals surface area contributed by atoms with E-state index in [0.29, 0.717) is 18.7 Å². The lowest BCUT2D eigenvalue weighted by Crippen LogP contribution is -2.52. The summed E-state index contributed by atoms with van der Waals surface area (Å²) in [6.07, 6.45) is 5.44. The summed E-state index contributed by atoms with van der Waals surface area (Å²) in [6, 6.07) is 7.32. The molecule has 36 heavy (non-hydrogen) atoms. The number of halogens is 1. The van der Waals surface area contributed by atoms with Crippen molar-refractivity contribution in [1.29, 1.82) is 0 Å². The minimum Gasteiger partial charge on any atom is -0.472 e. The fourth-order valence-corrected chi connectivity index (χ4v) is 4.83. The summed E-state index contributed by atoms with van der Waals surface area (Å²) in [4.78, 5) is 34.1. The highest BCUT2D eigenvalue weighted by Crippen LogP contribution is 2.30. The van der Waals surface area contributed by atoms with Gasteiger partial charge in [-0.25, -0.2) is 14.2 Å². The first-order valence-electron chi connectivity index (χ1n) is 12.6. The van der Waals surface area contributed by atoms with E-state index >= 15 is 0 Å². The molecule has 1 fully saturated rings. The number of hydrogen-bond donors (Lipinski definition) is 2. The van der Waals surface area contributed by atoms with Crippen molar-refractivity contribution in [3.63, 3.8) is 0 Å². The van der Waals surface area contributed by atoms with Gasteiger partial charge in [-0.3, -0.25) is 4.79 Å².